The molecule has 0 atom stereocenters. The van der Waals surface area contributed by atoms with E-state index >= 15 is 0 Å². The van der Waals surface area contributed by atoms with Crippen molar-refractivity contribution in [1.29, 1.82) is 0 Å². The molecule has 2 saturated carbocycles. The summed E-state index contributed by atoms with van der Waals surface area (Å²) in [6, 6.07) is 2.29. The number of amides is 1. The fourth-order valence-electron chi connectivity index (χ4n) is 2.38. The quantitative estimate of drug-likeness (QED) is 0.433. The van der Waals surface area contributed by atoms with Gasteiger partial charge in [-0.25, -0.2) is 0 Å². The van der Waals surface area contributed by atoms with E-state index in [-0.39, 0.29) is 17.6 Å². The predicted molar refractivity (Wildman–Crippen MR) is 77.3 cm³/mol. The van der Waals surface area contributed by atoms with Crippen LogP contribution in [-0.4, -0.2) is 34.5 Å². The van der Waals surface area contributed by atoms with Gasteiger partial charge < -0.3 is 15.2 Å². The van der Waals surface area contributed by atoms with Crippen molar-refractivity contribution in [2.45, 2.75) is 44.2 Å². The summed E-state index contributed by atoms with van der Waals surface area (Å²) in [6.45, 7) is 1.48. The first-order chi connectivity index (χ1) is 10.1. The number of nitro groups is 1. The zero-order valence-electron chi connectivity index (χ0n) is 11.9. The lowest BCUT2D eigenvalue weighted by Gasteiger charge is -2.08. The Morgan fingerprint density at radius 1 is 1.33 bits per heavy atom. The molecule has 0 aliphatic heterocycles. The van der Waals surface area contributed by atoms with Crippen molar-refractivity contribution in [3.63, 3.8) is 0 Å². The van der Waals surface area contributed by atoms with Crippen molar-refractivity contribution < 1.29 is 9.72 Å². The number of rotatable bonds is 8. The zero-order valence-corrected chi connectivity index (χ0v) is 11.9. The van der Waals surface area contributed by atoms with E-state index in [0.29, 0.717) is 18.3 Å². The average Bonchev–Trinajstić information content (AvgIpc) is 3.37. The van der Waals surface area contributed by atoms with Crippen molar-refractivity contribution in [2.24, 2.45) is 0 Å². The van der Waals surface area contributed by atoms with E-state index in [0.717, 1.165) is 25.8 Å². The number of nitrogens with zero attached hydrogens (tertiary/aromatic N) is 2. The van der Waals surface area contributed by atoms with E-state index in [4.69, 9.17) is 0 Å². The second-order valence-electron chi connectivity index (χ2n) is 5.82. The molecule has 0 spiro atoms. The molecule has 1 aromatic heterocycles. The van der Waals surface area contributed by atoms with Gasteiger partial charge in [0.25, 0.3) is 11.6 Å². The van der Waals surface area contributed by atoms with Crippen LogP contribution in [0.1, 0.15) is 48.6 Å². The van der Waals surface area contributed by atoms with E-state index in [2.05, 4.69) is 10.6 Å². The summed E-state index contributed by atoms with van der Waals surface area (Å²) in [4.78, 5) is 22.6. The molecule has 1 amide bonds. The minimum absolute atomic E-state index is 0.0116. The van der Waals surface area contributed by atoms with E-state index < -0.39 is 4.92 Å². The van der Waals surface area contributed by atoms with Gasteiger partial charge >= 0.3 is 0 Å². The molecule has 1 aromatic rings. The van der Waals surface area contributed by atoms with Crippen molar-refractivity contribution >= 4 is 11.6 Å². The first kappa shape index (κ1) is 14.1. The summed E-state index contributed by atoms with van der Waals surface area (Å²) in [6.07, 6.45) is 6.82. The van der Waals surface area contributed by atoms with Gasteiger partial charge in [0.2, 0.25) is 0 Å². The van der Waals surface area contributed by atoms with Crippen molar-refractivity contribution in [2.75, 3.05) is 13.1 Å². The number of carbonyl (C=O) groups is 1. The van der Waals surface area contributed by atoms with Gasteiger partial charge in [-0.1, -0.05) is 0 Å². The number of hydrogen-bond donors (Lipinski definition) is 2. The molecule has 7 nitrogen and oxygen atoms in total. The highest BCUT2D eigenvalue weighted by Gasteiger charge is 2.30. The van der Waals surface area contributed by atoms with Crippen LogP contribution in [-0.2, 0) is 0 Å². The minimum atomic E-state index is -0.449. The maximum atomic E-state index is 12.2. The Balaban J connectivity index is 1.53. The molecule has 2 fully saturated rings. The SMILES string of the molecule is O=C(NCCCNC1CC1)c1cc([N+](=O)[O-])cn1C1CC1. The molecule has 3 rings (SSSR count). The van der Waals surface area contributed by atoms with E-state index in [1.54, 1.807) is 4.57 Å². The second-order valence-corrected chi connectivity index (χ2v) is 5.82. The van der Waals surface area contributed by atoms with Crippen LogP contribution in [0.4, 0.5) is 5.69 Å². The molecule has 2 N–H and O–H groups in total. The molecule has 2 aliphatic rings. The van der Waals surface area contributed by atoms with Gasteiger partial charge in [-0.3, -0.25) is 14.9 Å². The normalized spacial score (nSPS) is 17.7. The van der Waals surface area contributed by atoms with Gasteiger partial charge in [-0.05, 0) is 38.6 Å². The largest absolute Gasteiger partial charge is 0.351 e. The molecule has 0 aromatic carbocycles. The second kappa shape index (κ2) is 5.85. The fraction of sp³-hybridized carbons (Fsp3) is 0.643. The Hall–Kier alpha value is -1.89. The Kier molecular flexibility index (Phi) is 3.92. The first-order valence-electron chi connectivity index (χ1n) is 7.53. The van der Waals surface area contributed by atoms with Crippen LogP contribution < -0.4 is 10.6 Å². The van der Waals surface area contributed by atoms with E-state index in [1.165, 1.54) is 25.1 Å². The highest BCUT2D eigenvalue weighted by Crippen LogP contribution is 2.37. The van der Waals surface area contributed by atoms with Crippen LogP contribution in [0, 0.1) is 10.1 Å². The number of carbonyl (C=O) groups excluding carboxylic acids is 1. The van der Waals surface area contributed by atoms with Gasteiger partial charge in [-0.15, -0.1) is 0 Å². The molecule has 0 unspecified atom stereocenters. The molecular formula is C14H20N4O3. The standard InChI is InChI=1S/C14H20N4O3/c19-14(16-7-1-6-15-10-2-3-10)13-8-12(18(20)21)9-17(13)11-4-5-11/h8-11,15H,1-7H2,(H,16,19). The number of hydrogen-bond acceptors (Lipinski definition) is 4. The maximum Gasteiger partial charge on any atom is 0.287 e. The average molecular weight is 292 g/mol. The highest BCUT2D eigenvalue weighted by atomic mass is 16.6. The molecule has 2 aliphatic carbocycles. The highest BCUT2D eigenvalue weighted by molar-refractivity contribution is 5.93. The predicted octanol–water partition coefficient (Wildman–Crippen LogP) is 1.60. The Bertz CT molecular complexity index is 546. The lowest BCUT2D eigenvalue weighted by molar-refractivity contribution is -0.384. The third kappa shape index (κ3) is 3.60. The van der Waals surface area contributed by atoms with Gasteiger partial charge in [0, 0.05) is 24.7 Å². The molecule has 21 heavy (non-hydrogen) atoms. The lowest BCUT2D eigenvalue weighted by atomic mass is 10.3. The van der Waals surface area contributed by atoms with Crippen LogP contribution in [0.5, 0.6) is 0 Å². The third-order valence-electron chi connectivity index (χ3n) is 3.87. The van der Waals surface area contributed by atoms with Crippen LogP contribution >= 0.6 is 0 Å². The molecule has 7 heteroatoms. The molecule has 114 valence electrons. The number of aromatic nitrogens is 1. The molecule has 0 radical (unpaired) electrons. The van der Waals surface area contributed by atoms with Gasteiger partial charge in [0.05, 0.1) is 11.1 Å². The van der Waals surface area contributed by atoms with Crippen LogP contribution in [0.3, 0.4) is 0 Å². The Labute approximate surface area is 122 Å². The van der Waals surface area contributed by atoms with Gasteiger partial charge in [0.1, 0.15) is 5.69 Å². The Morgan fingerprint density at radius 3 is 2.71 bits per heavy atom. The summed E-state index contributed by atoms with van der Waals surface area (Å²) in [5, 5.41) is 17.1. The number of nitrogens with one attached hydrogen (secondary N) is 2. The minimum Gasteiger partial charge on any atom is -0.351 e. The molecule has 0 saturated heterocycles. The van der Waals surface area contributed by atoms with Crippen molar-refractivity contribution in [3.05, 3.63) is 28.1 Å². The van der Waals surface area contributed by atoms with Crippen molar-refractivity contribution in [1.82, 2.24) is 15.2 Å². The molecular weight excluding hydrogens is 272 g/mol. The van der Waals surface area contributed by atoms with Gasteiger partial charge in [-0.2, -0.15) is 0 Å². The summed E-state index contributed by atoms with van der Waals surface area (Å²) in [5.41, 5.74) is 0.391. The van der Waals surface area contributed by atoms with Crippen LogP contribution in [0.25, 0.3) is 0 Å². The summed E-state index contributed by atoms with van der Waals surface area (Å²) < 4.78 is 1.75. The molecule has 1 heterocycles. The smallest absolute Gasteiger partial charge is 0.287 e. The maximum absolute atomic E-state index is 12.2. The topological polar surface area (TPSA) is 89.2 Å². The van der Waals surface area contributed by atoms with Crippen molar-refractivity contribution in [3.8, 4) is 0 Å². The fourth-order valence-corrected chi connectivity index (χ4v) is 2.38. The monoisotopic (exact) mass is 292 g/mol. The lowest BCUT2D eigenvalue weighted by Crippen LogP contribution is -2.29. The first-order valence-corrected chi connectivity index (χ1v) is 7.53. The van der Waals surface area contributed by atoms with Crippen LogP contribution in [0.2, 0.25) is 0 Å². The summed E-state index contributed by atoms with van der Waals surface area (Å²) in [7, 11) is 0. The summed E-state index contributed by atoms with van der Waals surface area (Å²) in [5.74, 6) is -0.221. The van der Waals surface area contributed by atoms with E-state index in [9.17, 15) is 14.9 Å². The van der Waals surface area contributed by atoms with Crippen LogP contribution in [0.15, 0.2) is 12.3 Å². The third-order valence-corrected chi connectivity index (χ3v) is 3.87. The molecule has 0 bridgehead atoms. The summed E-state index contributed by atoms with van der Waals surface area (Å²) >= 11 is 0. The zero-order chi connectivity index (χ0) is 14.8. The Morgan fingerprint density at radius 2 is 2.10 bits per heavy atom. The van der Waals surface area contributed by atoms with E-state index in [1.807, 2.05) is 0 Å². The van der Waals surface area contributed by atoms with Gasteiger partial charge in [0.15, 0.2) is 0 Å².